The van der Waals surface area contributed by atoms with E-state index in [4.69, 9.17) is 15.2 Å². The van der Waals surface area contributed by atoms with Gasteiger partial charge in [0, 0.05) is 19.6 Å². The number of anilines is 1. The molecule has 0 bridgehead atoms. The summed E-state index contributed by atoms with van der Waals surface area (Å²) in [6, 6.07) is 4.90. The lowest BCUT2D eigenvalue weighted by Gasteiger charge is -2.11. The highest BCUT2D eigenvalue weighted by molar-refractivity contribution is 6.04. The molecule has 3 rings (SSSR count). The molecule has 184 valence electrons. The van der Waals surface area contributed by atoms with Crippen LogP contribution in [0.4, 0.5) is 5.95 Å². The van der Waals surface area contributed by atoms with Gasteiger partial charge in [-0.3, -0.25) is 14.8 Å². The summed E-state index contributed by atoms with van der Waals surface area (Å²) in [6.07, 6.45) is 4.92. The molecule has 0 saturated heterocycles. The zero-order valence-corrected chi connectivity index (χ0v) is 20.7. The highest BCUT2D eigenvalue weighted by Gasteiger charge is 2.21. The first-order chi connectivity index (χ1) is 16.3. The molecule has 0 unspecified atom stereocenters. The Balaban J connectivity index is 0.00000129. The van der Waals surface area contributed by atoms with Crippen LogP contribution in [-0.4, -0.2) is 52.0 Å². The number of nitrogens with zero attached hydrogens (tertiary/aromatic N) is 4. The van der Waals surface area contributed by atoms with Crippen molar-refractivity contribution in [2.24, 2.45) is 5.73 Å². The first-order valence-corrected chi connectivity index (χ1v) is 11.2. The van der Waals surface area contributed by atoms with Gasteiger partial charge in [-0.05, 0) is 32.0 Å². The minimum atomic E-state index is -0.509. The van der Waals surface area contributed by atoms with Crippen LogP contribution < -0.4 is 15.8 Å². The molecule has 0 aliphatic heterocycles. The molecule has 1 amide bonds. The number of amides is 1. The van der Waals surface area contributed by atoms with E-state index >= 15 is 0 Å². The smallest absolute Gasteiger partial charge is 0.338 e. The summed E-state index contributed by atoms with van der Waals surface area (Å²) in [5.41, 5.74) is 8.15. The third-order valence-corrected chi connectivity index (χ3v) is 4.70. The Morgan fingerprint density at radius 2 is 1.85 bits per heavy atom. The number of allylic oxidation sites excluding steroid dienone is 1. The van der Waals surface area contributed by atoms with Crippen molar-refractivity contribution >= 4 is 28.9 Å². The topological polar surface area (TPSA) is 126 Å². The molecule has 2 heterocycles. The molecular weight excluding hydrogens is 436 g/mol. The number of hydrogen-bond donors (Lipinski definition) is 2. The third-order valence-electron chi connectivity index (χ3n) is 4.70. The predicted octanol–water partition coefficient (Wildman–Crippen LogP) is 3.54. The Hall–Kier alpha value is -3.66. The summed E-state index contributed by atoms with van der Waals surface area (Å²) < 4.78 is 13.7. The molecule has 3 N–H and O–H groups in total. The number of nitrogens with one attached hydrogen (secondary N) is 1. The Morgan fingerprint density at radius 3 is 2.44 bits per heavy atom. The maximum Gasteiger partial charge on any atom is 0.338 e. The maximum atomic E-state index is 13.0. The van der Waals surface area contributed by atoms with Crippen LogP contribution in [0.25, 0.3) is 11.0 Å². The average molecular weight is 471 g/mol. The zero-order chi connectivity index (χ0) is 25.3. The van der Waals surface area contributed by atoms with Gasteiger partial charge < -0.3 is 19.8 Å². The number of rotatable bonds is 8. The molecule has 0 radical (unpaired) electrons. The Labute approximate surface area is 199 Å². The van der Waals surface area contributed by atoms with E-state index in [0.29, 0.717) is 53.6 Å². The van der Waals surface area contributed by atoms with E-state index in [2.05, 4.69) is 29.2 Å². The number of fused-ring (bicyclic) bond motifs is 1. The van der Waals surface area contributed by atoms with Crippen LogP contribution in [0.2, 0.25) is 0 Å². The van der Waals surface area contributed by atoms with Crippen molar-refractivity contribution in [1.29, 1.82) is 0 Å². The SMILES string of the molecule is CCC.CCn1nc(C)cc1C(=O)Nc1nc2cc(C(=O)OC)cc(OC)c2n1C/C=C/CN. The van der Waals surface area contributed by atoms with Crippen LogP contribution in [0.1, 0.15) is 53.7 Å². The molecule has 0 fully saturated rings. The van der Waals surface area contributed by atoms with E-state index in [1.165, 1.54) is 20.6 Å². The van der Waals surface area contributed by atoms with E-state index in [1.807, 2.05) is 26.0 Å². The Kier molecular flexibility index (Phi) is 9.81. The van der Waals surface area contributed by atoms with Crippen molar-refractivity contribution in [2.75, 3.05) is 26.1 Å². The molecule has 1 aromatic carbocycles. The molecule has 3 aromatic rings. The minimum absolute atomic E-state index is 0.298. The van der Waals surface area contributed by atoms with Crippen LogP contribution >= 0.6 is 0 Å². The number of imidazole rings is 1. The monoisotopic (exact) mass is 470 g/mol. The van der Waals surface area contributed by atoms with E-state index < -0.39 is 5.97 Å². The number of nitrogens with two attached hydrogens (primary N) is 1. The number of aryl methyl sites for hydroxylation is 2. The molecule has 0 aliphatic carbocycles. The number of carbonyl (C=O) groups excluding carboxylic acids is 2. The zero-order valence-electron chi connectivity index (χ0n) is 20.7. The second kappa shape index (κ2) is 12.5. The lowest BCUT2D eigenvalue weighted by Crippen LogP contribution is -2.20. The van der Waals surface area contributed by atoms with Crippen molar-refractivity contribution in [3.8, 4) is 5.75 Å². The van der Waals surface area contributed by atoms with Crippen molar-refractivity contribution in [3.05, 3.63) is 47.3 Å². The van der Waals surface area contributed by atoms with E-state index in [-0.39, 0.29) is 5.91 Å². The number of esters is 1. The summed E-state index contributed by atoms with van der Waals surface area (Å²) in [5.74, 6) is -0.107. The standard InChI is InChI=1S/C21H26N6O4.C3H8/c1-5-27-16(10-13(2)25-27)19(28)24-21-23-15-11-14(20(29)31-4)12-17(30-3)18(15)26(21)9-7-6-8-22;1-3-2/h6-7,10-12H,5,8-9,22H2,1-4H3,(H,23,24,28);3H2,1-2H3/b7-6+;. The van der Waals surface area contributed by atoms with E-state index in [9.17, 15) is 9.59 Å². The summed E-state index contributed by atoms with van der Waals surface area (Å²) in [7, 11) is 2.81. The number of carbonyl (C=O) groups is 2. The van der Waals surface area contributed by atoms with Gasteiger partial charge in [-0.1, -0.05) is 32.4 Å². The molecule has 0 atom stereocenters. The van der Waals surface area contributed by atoms with Gasteiger partial charge in [-0.25, -0.2) is 9.78 Å². The molecule has 0 saturated carbocycles. The second-order valence-corrected chi connectivity index (χ2v) is 7.44. The third kappa shape index (κ3) is 6.02. The van der Waals surface area contributed by atoms with Gasteiger partial charge in [-0.2, -0.15) is 5.10 Å². The quantitative estimate of drug-likeness (QED) is 0.381. The molecule has 10 nitrogen and oxygen atoms in total. The highest BCUT2D eigenvalue weighted by Crippen LogP contribution is 2.31. The summed E-state index contributed by atoms with van der Waals surface area (Å²) in [5, 5.41) is 7.18. The fraction of sp³-hybridized carbons (Fsp3) is 0.417. The summed E-state index contributed by atoms with van der Waals surface area (Å²) in [4.78, 5) is 29.6. The number of aromatic nitrogens is 4. The first-order valence-electron chi connectivity index (χ1n) is 11.2. The molecule has 2 aromatic heterocycles. The molecule has 34 heavy (non-hydrogen) atoms. The highest BCUT2D eigenvalue weighted by atomic mass is 16.5. The average Bonchev–Trinajstić information content (AvgIpc) is 3.38. The van der Waals surface area contributed by atoms with Gasteiger partial charge in [0.1, 0.15) is 17.0 Å². The number of ether oxygens (including phenoxy) is 2. The van der Waals surface area contributed by atoms with Gasteiger partial charge in [-0.15, -0.1) is 0 Å². The first kappa shape index (κ1) is 26.6. The van der Waals surface area contributed by atoms with Crippen LogP contribution in [0.3, 0.4) is 0 Å². The molecule has 0 spiro atoms. The van der Waals surface area contributed by atoms with Crippen LogP contribution in [-0.2, 0) is 17.8 Å². The normalized spacial score (nSPS) is 10.8. The number of methoxy groups -OCH3 is 2. The molecule has 10 heteroatoms. The van der Waals surface area contributed by atoms with Crippen LogP contribution in [0.15, 0.2) is 30.4 Å². The van der Waals surface area contributed by atoms with E-state index in [1.54, 1.807) is 27.4 Å². The molecule has 0 aliphatic rings. The van der Waals surface area contributed by atoms with Crippen molar-refractivity contribution in [2.45, 2.75) is 47.2 Å². The van der Waals surface area contributed by atoms with Gasteiger partial charge in [0.15, 0.2) is 0 Å². The molecular formula is C24H34N6O4. The fourth-order valence-electron chi connectivity index (χ4n) is 3.31. The lowest BCUT2D eigenvalue weighted by atomic mass is 10.2. The van der Waals surface area contributed by atoms with Crippen molar-refractivity contribution < 1.29 is 19.1 Å². The summed E-state index contributed by atoms with van der Waals surface area (Å²) in [6.45, 7) is 9.32. The van der Waals surface area contributed by atoms with Crippen molar-refractivity contribution in [3.63, 3.8) is 0 Å². The number of benzene rings is 1. The van der Waals surface area contributed by atoms with Crippen LogP contribution in [0, 0.1) is 6.92 Å². The lowest BCUT2D eigenvalue weighted by molar-refractivity contribution is 0.0600. The Bertz CT molecular complexity index is 1160. The van der Waals surface area contributed by atoms with Gasteiger partial charge in [0.25, 0.3) is 5.91 Å². The Morgan fingerprint density at radius 1 is 1.15 bits per heavy atom. The van der Waals surface area contributed by atoms with Gasteiger partial charge >= 0.3 is 5.97 Å². The van der Waals surface area contributed by atoms with E-state index in [0.717, 1.165) is 5.69 Å². The van der Waals surface area contributed by atoms with Gasteiger partial charge in [0.2, 0.25) is 5.95 Å². The minimum Gasteiger partial charge on any atom is -0.494 e. The number of hydrogen-bond acceptors (Lipinski definition) is 7. The predicted molar refractivity (Wildman–Crippen MR) is 132 cm³/mol. The summed E-state index contributed by atoms with van der Waals surface area (Å²) >= 11 is 0. The van der Waals surface area contributed by atoms with Crippen LogP contribution in [0.5, 0.6) is 5.75 Å². The van der Waals surface area contributed by atoms with Crippen molar-refractivity contribution in [1.82, 2.24) is 19.3 Å². The fourth-order valence-corrected chi connectivity index (χ4v) is 3.31. The second-order valence-electron chi connectivity index (χ2n) is 7.44. The largest absolute Gasteiger partial charge is 0.494 e. The maximum absolute atomic E-state index is 13.0. The van der Waals surface area contributed by atoms with Gasteiger partial charge in [0.05, 0.1) is 31.0 Å².